The molecule has 1 heterocycles. The van der Waals surface area contributed by atoms with Crippen molar-refractivity contribution in [2.45, 2.75) is 85.2 Å². The van der Waals surface area contributed by atoms with Gasteiger partial charge in [0.15, 0.2) is 0 Å². The molecule has 1 saturated heterocycles. The van der Waals surface area contributed by atoms with E-state index < -0.39 is 0 Å². The second-order valence-electron chi connectivity index (χ2n) is 8.40. The van der Waals surface area contributed by atoms with E-state index >= 15 is 0 Å². The third kappa shape index (κ3) is 2.05. The Morgan fingerprint density at radius 1 is 0.882 bits per heavy atom. The van der Waals surface area contributed by atoms with E-state index in [2.05, 4.69) is 46.9 Å². The first kappa shape index (κ1) is 13.4. The SMILES string of the molecule is CC(C)(C)C1(C(C)(C)C)C[C@H]2CCCC[C@@H]2N1. The van der Waals surface area contributed by atoms with Gasteiger partial charge in [0.25, 0.3) is 0 Å². The molecular weight excluding hydrogens is 206 g/mol. The Kier molecular flexibility index (Phi) is 3.14. The molecule has 1 nitrogen and oxygen atoms in total. The zero-order valence-corrected chi connectivity index (χ0v) is 12.7. The fourth-order valence-electron chi connectivity index (χ4n) is 4.58. The molecule has 0 aromatic rings. The van der Waals surface area contributed by atoms with Gasteiger partial charge in [-0.05, 0) is 36.0 Å². The van der Waals surface area contributed by atoms with Gasteiger partial charge in [-0.1, -0.05) is 54.4 Å². The average molecular weight is 237 g/mol. The summed E-state index contributed by atoms with van der Waals surface area (Å²) in [4.78, 5) is 0. The second-order valence-corrected chi connectivity index (χ2v) is 8.40. The van der Waals surface area contributed by atoms with Crippen molar-refractivity contribution >= 4 is 0 Å². The quantitative estimate of drug-likeness (QED) is 0.659. The smallest absolute Gasteiger partial charge is 0.0283 e. The maximum Gasteiger partial charge on any atom is 0.0283 e. The Hall–Kier alpha value is -0.0400. The third-order valence-electron chi connectivity index (χ3n) is 5.47. The van der Waals surface area contributed by atoms with Gasteiger partial charge >= 0.3 is 0 Å². The molecule has 2 atom stereocenters. The highest BCUT2D eigenvalue weighted by molar-refractivity contribution is 5.13. The van der Waals surface area contributed by atoms with Gasteiger partial charge in [-0.2, -0.15) is 0 Å². The van der Waals surface area contributed by atoms with E-state index in [1.807, 2.05) is 0 Å². The molecular formula is C16H31N. The molecule has 2 rings (SSSR count). The molecule has 1 N–H and O–H groups in total. The Balaban J connectivity index is 2.32. The predicted octanol–water partition coefficient (Wildman–Crippen LogP) is 4.37. The Morgan fingerprint density at radius 2 is 1.41 bits per heavy atom. The van der Waals surface area contributed by atoms with Crippen LogP contribution >= 0.6 is 0 Å². The van der Waals surface area contributed by atoms with E-state index in [0.717, 1.165) is 12.0 Å². The van der Waals surface area contributed by atoms with Gasteiger partial charge in [-0.15, -0.1) is 0 Å². The highest BCUT2D eigenvalue weighted by Gasteiger charge is 2.57. The van der Waals surface area contributed by atoms with Gasteiger partial charge in [0.1, 0.15) is 0 Å². The van der Waals surface area contributed by atoms with Crippen molar-refractivity contribution in [1.82, 2.24) is 5.32 Å². The van der Waals surface area contributed by atoms with Crippen molar-refractivity contribution in [3.8, 4) is 0 Å². The van der Waals surface area contributed by atoms with Crippen molar-refractivity contribution in [3.63, 3.8) is 0 Å². The van der Waals surface area contributed by atoms with Crippen molar-refractivity contribution in [2.75, 3.05) is 0 Å². The highest BCUT2D eigenvalue weighted by Crippen LogP contribution is 2.54. The number of hydrogen-bond donors (Lipinski definition) is 1. The van der Waals surface area contributed by atoms with Crippen LogP contribution in [0.25, 0.3) is 0 Å². The number of hydrogen-bond acceptors (Lipinski definition) is 1. The first-order valence-corrected chi connectivity index (χ1v) is 7.45. The standard InChI is InChI=1S/C16H31N/c1-14(2,3)16(15(4,5)6)11-12-9-7-8-10-13(12)17-16/h12-13,17H,7-11H2,1-6H3/t12-,13+/m1/s1. The van der Waals surface area contributed by atoms with Crippen molar-refractivity contribution < 1.29 is 0 Å². The first-order valence-electron chi connectivity index (χ1n) is 7.45. The van der Waals surface area contributed by atoms with Crippen LogP contribution in [0, 0.1) is 16.7 Å². The molecule has 100 valence electrons. The normalized spacial score (nSPS) is 33.5. The van der Waals surface area contributed by atoms with Gasteiger partial charge in [-0.3, -0.25) is 0 Å². The number of nitrogens with one attached hydrogen (secondary N) is 1. The predicted molar refractivity (Wildman–Crippen MR) is 75.1 cm³/mol. The molecule has 1 aliphatic carbocycles. The maximum atomic E-state index is 4.09. The fraction of sp³-hybridized carbons (Fsp3) is 1.00. The third-order valence-corrected chi connectivity index (χ3v) is 5.47. The molecule has 0 aromatic heterocycles. The summed E-state index contributed by atoms with van der Waals surface area (Å²) < 4.78 is 0. The lowest BCUT2D eigenvalue weighted by Crippen LogP contribution is -2.61. The van der Waals surface area contributed by atoms with Gasteiger partial charge in [0, 0.05) is 11.6 Å². The lowest BCUT2D eigenvalue weighted by atomic mass is 9.58. The molecule has 0 spiro atoms. The number of rotatable bonds is 0. The van der Waals surface area contributed by atoms with Crippen LogP contribution in [0.2, 0.25) is 0 Å². The van der Waals surface area contributed by atoms with Crippen LogP contribution in [0.5, 0.6) is 0 Å². The van der Waals surface area contributed by atoms with E-state index in [1.165, 1.54) is 32.1 Å². The first-order chi connectivity index (χ1) is 7.67. The summed E-state index contributed by atoms with van der Waals surface area (Å²) >= 11 is 0. The summed E-state index contributed by atoms with van der Waals surface area (Å²) in [6.07, 6.45) is 7.11. The van der Waals surface area contributed by atoms with Gasteiger partial charge < -0.3 is 5.32 Å². The molecule has 1 aliphatic heterocycles. The van der Waals surface area contributed by atoms with Gasteiger partial charge in [0.05, 0.1) is 0 Å². The van der Waals surface area contributed by atoms with E-state index in [1.54, 1.807) is 0 Å². The summed E-state index contributed by atoms with van der Waals surface area (Å²) in [5, 5.41) is 4.09. The Bertz CT molecular complexity index is 249. The minimum atomic E-state index is 0.305. The zero-order chi connectivity index (χ0) is 12.9. The van der Waals surface area contributed by atoms with E-state index in [9.17, 15) is 0 Å². The largest absolute Gasteiger partial charge is 0.307 e. The Labute approximate surface area is 108 Å². The highest BCUT2D eigenvalue weighted by atomic mass is 15.1. The van der Waals surface area contributed by atoms with Crippen LogP contribution in [0.4, 0.5) is 0 Å². The molecule has 0 unspecified atom stereocenters. The summed E-state index contributed by atoms with van der Waals surface area (Å²) in [5.74, 6) is 0.933. The lowest BCUT2D eigenvalue weighted by molar-refractivity contribution is 0.0332. The zero-order valence-electron chi connectivity index (χ0n) is 12.7. The summed E-state index contributed by atoms with van der Waals surface area (Å²) in [6.45, 7) is 14.5. The molecule has 0 aromatic carbocycles. The topological polar surface area (TPSA) is 12.0 Å². The molecule has 0 amide bonds. The van der Waals surface area contributed by atoms with Crippen LogP contribution < -0.4 is 5.32 Å². The van der Waals surface area contributed by atoms with E-state index in [0.29, 0.717) is 16.4 Å². The molecule has 1 saturated carbocycles. The molecule has 2 aliphatic rings. The summed E-state index contributed by atoms with van der Waals surface area (Å²) in [5.41, 5.74) is 0.977. The lowest BCUT2D eigenvalue weighted by Gasteiger charge is -2.52. The van der Waals surface area contributed by atoms with Crippen LogP contribution in [0.1, 0.15) is 73.6 Å². The van der Waals surface area contributed by atoms with E-state index in [-0.39, 0.29) is 0 Å². The van der Waals surface area contributed by atoms with Gasteiger partial charge in [-0.25, -0.2) is 0 Å². The minimum Gasteiger partial charge on any atom is -0.307 e. The average Bonchev–Trinajstić information content (AvgIpc) is 2.55. The minimum absolute atomic E-state index is 0.305. The monoisotopic (exact) mass is 237 g/mol. The molecule has 0 radical (unpaired) electrons. The molecule has 1 heteroatoms. The van der Waals surface area contributed by atoms with Gasteiger partial charge in [0.2, 0.25) is 0 Å². The number of fused-ring (bicyclic) bond motifs is 1. The van der Waals surface area contributed by atoms with Crippen molar-refractivity contribution in [3.05, 3.63) is 0 Å². The van der Waals surface area contributed by atoms with Crippen molar-refractivity contribution in [1.29, 1.82) is 0 Å². The van der Waals surface area contributed by atoms with Crippen LogP contribution in [0.15, 0.2) is 0 Å². The van der Waals surface area contributed by atoms with Crippen LogP contribution in [0.3, 0.4) is 0 Å². The molecule has 0 bridgehead atoms. The maximum absolute atomic E-state index is 4.09. The van der Waals surface area contributed by atoms with Crippen LogP contribution in [-0.4, -0.2) is 11.6 Å². The Morgan fingerprint density at radius 3 is 1.88 bits per heavy atom. The second kappa shape index (κ2) is 3.98. The van der Waals surface area contributed by atoms with E-state index in [4.69, 9.17) is 0 Å². The van der Waals surface area contributed by atoms with Crippen molar-refractivity contribution in [2.24, 2.45) is 16.7 Å². The summed E-state index contributed by atoms with van der Waals surface area (Å²) in [7, 11) is 0. The molecule has 17 heavy (non-hydrogen) atoms. The molecule has 2 fully saturated rings. The fourth-order valence-corrected chi connectivity index (χ4v) is 4.58. The van der Waals surface area contributed by atoms with Crippen LogP contribution in [-0.2, 0) is 0 Å². The summed E-state index contributed by atoms with van der Waals surface area (Å²) in [6, 6.07) is 0.794.